The molecule has 6 nitrogen and oxygen atoms in total. The number of nitrogens with zero attached hydrogens (tertiary/aromatic N) is 2. The Morgan fingerprint density at radius 2 is 1.84 bits per heavy atom. The minimum absolute atomic E-state index is 0. The van der Waals surface area contributed by atoms with Gasteiger partial charge in [-0.2, -0.15) is 0 Å². The summed E-state index contributed by atoms with van der Waals surface area (Å²) >= 11 is 0. The number of hydrogen-bond donors (Lipinski definition) is 2. The lowest BCUT2D eigenvalue weighted by atomic mass is 10.0. The highest BCUT2D eigenvalue weighted by molar-refractivity contribution is 14.0. The molecular weight excluding hydrogens is 517 g/mol. The topological polar surface area (TPSA) is 58.1 Å². The first-order chi connectivity index (χ1) is 14.6. The van der Waals surface area contributed by atoms with Crippen LogP contribution in [0.15, 0.2) is 47.5 Å². The van der Waals surface area contributed by atoms with Gasteiger partial charge in [-0.1, -0.05) is 18.2 Å². The molecule has 0 amide bonds. The van der Waals surface area contributed by atoms with E-state index in [0.29, 0.717) is 32.3 Å². The molecule has 2 aromatic carbocycles. The molecule has 1 heterocycles. The maximum atomic E-state index is 13.9. The van der Waals surface area contributed by atoms with E-state index in [4.69, 9.17) is 9.47 Å². The van der Waals surface area contributed by atoms with Crippen LogP contribution in [0.4, 0.5) is 8.78 Å². The number of rotatable bonds is 7. The first-order valence-corrected chi connectivity index (χ1v) is 9.95. The van der Waals surface area contributed by atoms with Gasteiger partial charge in [0, 0.05) is 33.2 Å². The van der Waals surface area contributed by atoms with Gasteiger partial charge in [0.25, 0.3) is 0 Å². The summed E-state index contributed by atoms with van der Waals surface area (Å²) in [4.78, 5) is 6.57. The number of hydrogen-bond acceptors (Lipinski definition) is 4. The first-order valence-electron chi connectivity index (χ1n) is 9.95. The van der Waals surface area contributed by atoms with Crippen molar-refractivity contribution in [1.29, 1.82) is 0 Å². The maximum Gasteiger partial charge on any atom is 0.191 e. The van der Waals surface area contributed by atoms with E-state index < -0.39 is 5.82 Å². The standard InChI is InChI=1S/C22H28F2N4O2.HI/c1-25-22(26-14-16-3-8-21(29-2)19(24)13-16)27-15-20(28-9-11-30-12-10-28)17-4-6-18(23)7-5-17;/h3-8,13,20H,9-12,14-15H2,1-2H3,(H2,25,26,27);1H. The Labute approximate surface area is 199 Å². The zero-order valence-electron chi connectivity index (χ0n) is 17.7. The molecule has 2 N–H and O–H groups in total. The van der Waals surface area contributed by atoms with E-state index in [1.165, 1.54) is 25.3 Å². The lowest BCUT2D eigenvalue weighted by Gasteiger charge is -2.35. The molecule has 31 heavy (non-hydrogen) atoms. The summed E-state index contributed by atoms with van der Waals surface area (Å²) in [5.74, 6) is 0.167. The Morgan fingerprint density at radius 1 is 1.13 bits per heavy atom. The van der Waals surface area contributed by atoms with Crippen molar-refractivity contribution in [3.8, 4) is 5.75 Å². The number of nitrogens with one attached hydrogen (secondary N) is 2. The highest BCUT2D eigenvalue weighted by Gasteiger charge is 2.23. The van der Waals surface area contributed by atoms with Gasteiger partial charge in [0.1, 0.15) is 5.82 Å². The summed E-state index contributed by atoms with van der Waals surface area (Å²) < 4.78 is 37.7. The molecule has 9 heteroatoms. The van der Waals surface area contributed by atoms with Crippen molar-refractivity contribution in [2.45, 2.75) is 12.6 Å². The SMILES string of the molecule is CN=C(NCc1ccc(OC)c(F)c1)NCC(c1ccc(F)cc1)N1CCOCC1.I. The van der Waals surface area contributed by atoms with Gasteiger partial charge < -0.3 is 20.1 Å². The van der Waals surface area contributed by atoms with Crippen molar-refractivity contribution < 1.29 is 18.3 Å². The minimum Gasteiger partial charge on any atom is -0.494 e. The van der Waals surface area contributed by atoms with Crippen molar-refractivity contribution in [2.75, 3.05) is 47.0 Å². The highest BCUT2D eigenvalue weighted by Crippen LogP contribution is 2.22. The Kier molecular flexibility index (Phi) is 10.4. The van der Waals surface area contributed by atoms with Crippen LogP contribution < -0.4 is 15.4 Å². The third-order valence-electron chi connectivity index (χ3n) is 5.10. The van der Waals surface area contributed by atoms with E-state index in [1.54, 1.807) is 19.2 Å². The molecule has 170 valence electrons. The molecule has 1 saturated heterocycles. The molecule has 0 bridgehead atoms. The van der Waals surface area contributed by atoms with Gasteiger partial charge in [0.05, 0.1) is 26.4 Å². The lowest BCUT2D eigenvalue weighted by Crippen LogP contribution is -2.46. The van der Waals surface area contributed by atoms with Gasteiger partial charge in [-0.05, 0) is 35.4 Å². The van der Waals surface area contributed by atoms with Gasteiger partial charge in [0.2, 0.25) is 0 Å². The van der Waals surface area contributed by atoms with Crippen LogP contribution in [0, 0.1) is 11.6 Å². The molecule has 0 aliphatic carbocycles. The van der Waals surface area contributed by atoms with Crippen molar-refractivity contribution in [1.82, 2.24) is 15.5 Å². The molecule has 0 saturated carbocycles. The Hall–Kier alpha value is -1.98. The smallest absolute Gasteiger partial charge is 0.191 e. The molecule has 1 unspecified atom stereocenters. The average molecular weight is 546 g/mol. The Morgan fingerprint density at radius 3 is 2.45 bits per heavy atom. The number of guanidine groups is 1. The van der Waals surface area contributed by atoms with Crippen molar-refractivity contribution in [3.05, 3.63) is 65.2 Å². The summed E-state index contributed by atoms with van der Waals surface area (Å²) in [5.41, 5.74) is 1.80. The van der Waals surface area contributed by atoms with Crippen molar-refractivity contribution in [2.24, 2.45) is 4.99 Å². The number of morpholine rings is 1. The lowest BCUT2D eigenvalue weighted by molar-refractivity contribution is 0.0170. The van der Waals surface area contributed by atoms with Crippen molar-refractivity contribution >= 4 is 29.9 Å². The summed E-state index contributed by atoms with van der Waals surface area (Å²) in [5, 5.41) is 6.53. The third kappa shape index (κ3) is 7.29. The summed E-state index contributed by atoms with van der Waals surface area (Å²) in [6.45, 7) is 3.96. The summed E-state index contributed by atoms with van der Waals surface area (Å²) in [6.07, 6.45) is 0. The second-order valence-corrected chi connectivity index (χ2v) is 6.99. The molecule has 0 aromatic heterocycles. The fourth-order valence-corrected chi connectivity index (χ4v) is 3.45. The number of benzene rings is 2. The van der Waals surface area contributed by atoms with Crippen LogP contribution >= 0.6 is 24.0 Å². The van der Waals surface area contributed by atoms with Gasteiger partial charge in [-0.3, -0.25) is 9.89 Å². The van der Waals surface area contributed by atoms with Crippen LogP contribution in [0.25, 0.3) is 0 Å². The average Bonchev–Trinajstić information content (AvgIpc) is 2.78. The molecule has 3 rings (SSSR count). The van der Waals surface area contributed by atoms with E-state index in [2.05, 4.69) is 20.5 Å². The second kappa shape index (κ2) is 12.8. The number of ether oxygens (including phenoxy) is 2. The number of halogens is 3. The number of aliphatic imine (C=N–C) groups is 1. The monoisotopic (exact) mass is 546 g/mol. The van der Waals surface area contributed by atoms with Crippen molar-refractivity contribution in [3.63, 3.8) is 0 Å². The molecule has 1 fully saturated rings. The first kappa shape index (κ1) is 25.3. The van der Waals surface area contributed by atoms with Gasteiger partial charge >= 0.3 is 0 Å². The zero-order chi connectivity index (χ0) is 21.3. The van der Waals surface area contributed by atoms with Gasteiger partial charge in [0.15, 0.2) is 17.5 Å². The van der Waals surface area contributed by atoms with Crippen LogP contribution in [0.1, 0.15) is 17.2 Å². The molecular formula is C22H29F2IN4O2. The summed E-state index contributed by atoms with van der Waals surface area (Å²) in [6, 6.07) is 11.5. The van der Waals surface area contributed by atoms with E-state index in [-0.39, 0.29) is 41.6 Å². The maximum absolute atomic E-state index is 13.9. The predicted octanol–water partition coefficient (Wildman–Crippen LogP) is 3.33. The van der Waals surface area contributed by atoms with Gasteiger partial charge in [-0.25, -0.2) is 8.78 Å². The van der Waals surface area contributed by atoms with Crippen LogP contribution in [0.2, 0.25) is 0 Å². The quantitative estimate of drug-likeness (QED) is 0.317. The molecule has 0 spiro atoms. The van der Waals surface area contributed by atoms with E-state index >= 15 is 0 Å². The second-order valence-electron chi connectivity index (χ2n) is 6.99. The molecule has 0 radical (unpaired) electrons. The third-order valence-corrected chi connectivity index (χ3v) is 5.10. The highest BCUT2D eigenvalue weighted by atomic mass is 127. The fraction of sp³-hybridized carbons (Fsp3) is 0.409. The van der Waals surface area contributed by atoms with E-state index in [1.807, 2.05) is 12.1 Å². The van der Waals surface area contributed by atoms with Crippen LogP contribution in [0.3, 0.4) is 0 Å². The van der Waals surface area contributed by atoms with Crippen LogP contribution in [-0.2, 0) is 11.3 Å². The van der Waals surface area contributed by atoms with Crippen LogP contribution in [-0.4, -0.2) is 57.9 Å². The largest absolute Gasteiger partial charge is 0.494 e. The Balaban J connectivity index is 0.00000341. The number of methoxy groups -OCH3 is 1. The normalized spacial score (nSPS) is 15.7. The molecule has 2 aromatic rings. The van der Waals surface area contributed by atoms with Gasteiger partial charge in [-0.15, -0.1) is 24.0 Å². The fourth-order valence-electron chi connectivity index (χ4n) is 3.45. The molecule has 1 atom stereocenters. The predicted molar refractivity (Wildman–Crippen MR) is 128 cm³/mol. The molecule has 1 aliphatic rings. The Bertz CT molecular complexity index is 846. The summed E-state index contributed by atoms with van der Waals surface area (Å²) in [7, 11) is 3.12. The minimum atomic E-state index is -0.400. The molecule has 1 aliphatic heterocycles. The van der Waals surface area contributed by atoms with E-state index in [9.17, 15) is 8.78 Å². The zero-order valence-corrected chi connectivity index (χ0v) is 20.1. The van der Waals surface area contributed by atoms with Crippen LogP contribution in [0.5, 0.6) is 5.75 Å². The van der Waals surface area contributed by atoms with E-state index in [0.717, 1.165) is 24.2 Å².